The van der Waals surface area contributed by atoms with E-state index in [1.54, 1.807) is 18.2 Å². The van der Waals surface area contributed by atoms with Crippen molar-refractivity contribution in [2.24, 2.45) is 5.73 Å². The van der Waals surface area contributed by atoms with E-state index < -0.39 is 12.0 Å². The molecule has 1 unspecified atom stereocenters. The Morgan fingerprint density at radius 3 is 2.65 bits per heavy atom. The van der Waals surface area contributed by atoms with Crippen molar-refractivity contribution in [1.29, 1.82) is 0 Å². The summed E-state index contributed by atoms with van der Waals surface area (Å²) in [5.74, 6) is -0.807. The molecule has 0 saturated carbocycles. The van der Waals surface area contributed by atoms with Crippen LogP contribution >= 0.6 is 0 Å². The van der Waals surface area contributed by atoms with Crippen molar-refractivity contribution in [3.63, 3.8) is 0 Å². The Hall–Kier alpha value is -1.59. The van der Waals surface area contributed by atoms with E-state index in [4.69, 9.17) is 10.8 Å². The van der Waals surface area contributed by atoms with Crippen molar-refractivity contribution >= 4 is 5.97 Å². The minimum absolute atomic E-state index is 0.214. The largest absolute Gasteiger partial charge is 0.508 e. The number of carboxylic acid groups (broad SMARTS) is 1. The van der Waals surface area contributed by atoms with Gasteiger partial charge in [-0.1, -0.05) is 12.1 Å². The highest BCUT2D eigenvalue weighted by Crippen LogP contribution is 2.20. The lowest BCUT2D eigenvalue weighted by atomic mass is 10.0. The molecule has 0 heterocycles. The van der Waals surface area contributed by atoms with E-state index >= 15 is 0 Å². The molecule has 94 valence electrons. The first-order valence-electron chi connectivity index (χ1n) is 5.34. The first kappa shape index (κ1) is 13.5. The number of phenols is 1. The highest BCUT2D eigenvalue weighted by Gasteiger charge is 2.13. The number of nitrogens with zero attached hydrogens (tertiary/aromatic N) is 1. The fourth-order valence-corrected chi connectivity index (χ4v) is 1.57. The fourth-order valence-electron chi connectivity index (χ4n) is 1.57. The third kappa shape index (κ3) is 4.05. The topological polar surface area (TPSA) is 86.8 Å². The molecule has 17 heavy (non-hydrogen) atoms. The van der Waals surface area contributed by atoms with Crippen LogP contribution in [0.2, 0.25) is 0 Å². The predicted molar refractivity (Wildman–Crippen MR) is 64.8 cm³/mol. The number of benzene rings is 1. The van der Waals surface area contributed by atoms with Crippen LogP contribution in [0.1, 0.15) is 11.1 Å². The number of phenolic OH excluding ortho intramolecular Hbond substituents is 1. The van der Waals surface area contributed by atoms with Crippen LogP contribution in [0.25, 0.3) is 0 Å². The van der Waals surface area contributed by atoms with Crippen LogP contribution in [-0.4, -0.2) is 41.2 Å². The number of hydrogen-bond donors (Lipinski definition) is 3. The molecule has 1 aromatic rings. The van der Waals surface area contributed by atoms with Gasteiger partial charge in [0.05, 0.1) is 0 Å². The quantitative estimate of drug-likeness (QED) is 0.691. The molecule has 0 spiro atoms. The van der Waals surface area contributed by atoms with Gasteiger partial charge in [0.1, 0.15) is 11.8 Å². The van der Waals surface area contributed by atoms with Gasteiger partial charge >= 0.3 is 5.97 Å². The molecule has 0 aliphatic rings. The minimum Gasteiger partial charge on any atom is -0.508 e. The van der Waals surface area contributed by atoms with Gasteiger partial charge in [-0.05, 0) is 32.1 Å². The molecule has 0 aliphatic carbocycles. The molecule has 0 aromatic heterocycles. The molecule has 1 rings (SSSR count). The molecule has 4 N–H and O–H groups in total. The summed E-state index contributed by atoms with van der Waals surface area (Å²) in [6.45, 7) is 0.599. The summed E-state index contributed by atoms with van der Waals surface area (Å²) in [6, 6.07) is 4.14. The molecule has 0 radical (unpaired) electrons. The highest BCUT2D eigenvalue weighted by molar-refractivity contribution is 5.73. The zero-order chi connectivity index (χ0) is 13.0. The van der Waals surface area contributed by atoms with Crippen LogP contribution < -0.4 is 5.73 Å². The Balaban J connectivity index is 2.84. The van der Waals surface area contributed by atoms with E-state index in [0.29, 0.717) is 6.54 Å². The lowest BCUT2D eigenvalue weighted by Crippen LogP contribution is -2.32. The van der Waals surface area contributed by atoms with Gasteiger partial charge in [-0.2, -0.15) is 0 Å². The average molecular weight is 238 g/mol. The van der Waals surface area contributed by atoms with Crippen molar-refractivity contribution < 1.29 is 15.0 Å². The van der Waals surface area contributed by atoms with Crippen LogP contribution in [0.3, 0.4) is 0 Å². The van der Waals surface area contributed by atoms with Gasteiger partial charge < -0.3 is 20.8 Å². The van der Waals surface area contributed by atoms with Gasteiger partial charge in [-0.25, -0.2) is 0 Å². The van der Waals surface area contributed by atoms with E-state index in [2.05, 4.69) is 0 Å². The summed E-state index contributed by atoms with van der Waals surface area (Å²) in [6.07, 6.45) is 0.260. The van der Waals surface area contributed by atoms with Crippen LogP contribution in [0.4, 0.5) is 0 Å². The summed E-state index contributed by atoms with van der Waals surface area (Å²) < 4.78 is 0. The lowest BCUT2D eigenvalue weighted by molar-refractivity contribution is -0.138. The second-order valence-electron chi connectivity index (χ2n) is 4.35. The van der Waals surface area contributed by atoms with Gasteiger partial charge in [0.15, 0.2) is 0 Å². The second kappa shape index (κ2) is 5.65. The second-order valence-corrected chi connectivity index (χ2v) is 4.35. The van der Waals surface area contributed by atoms with Crippen LogP contribution in [0.5, 0.6) is 5.75 Å². The van der Waals surface area contributed by atoms with Crippen molar-refractivity contribution in [3.05, 3.63) is 29.3 Å². The lowest BCUT2D eigenvalue weighted by Gasteiger charge is -2.13. The first-order valence-corrected chi connectivity index (χ1v) is 5.34. The van der Waals surface area contributed by atoms with Gasteiger partial charge in [0.2, 0.25) is 0 Å². The molecule has 1 atom stereocenters. The number of carbonyl (C=O) groups is 1. The van der Waals surface area contributed by atoms with E-state index in [1.165, 1.54) is 0 Å². The molecule has 5 heteroatoms. The highest BCUT2D eigenvalue weighted by atomic mass is 16.4. The molecule has 1 aromatic carbocycles. The molecular weight excluding hydrogens is 220 g/mol. The van der Waals surface area contributed by atoms with Crippen LogP contribution in [-0.2, 0) is 17.8 Å². The summed E-state index contributed by atoms with van der Waals surface area (Å²) in [5.41, 5.74) is 7.05. The van der Waals surface area contributed by atoms with Crippen molar-refractivity contribution in [3.8, 4) is 5.75 Å². The SMILES string of the molecule is CN(C)Cc1cc(CC(N)C(=O)O)ccc1O. The molecule has 0 amide bonds. The van der Waals surface area contributed by atoms with Crippen LogP contribution in [0.15, 0.2) is 18.2 Å². The molecule has 0 saturated heterocycles. The van der Waals surface area contributed by atoms with Crippen molar-refractivity contribution in [1.82, 2.24) is 4.90 Å². The maximum Gasteiger partial charge on any atom is 0.320 e. The van der Waals surface area contributed by atoms with Crippen molar-refractivity contribution in [2.45, 2.75) is 19.0 Å². The van der Waals surface area contributed by atoms with E-state index in [1.807, 2.05) is 19.0 Å². The molecule has 5 nitrogen and oxygen atoms in total. The van der Waals surface area contributed by atoms with Gasteiger partial charge in [0.25, 0.3) is 0 Å². The Morgan fingerprint density at radius 1 is 1.47 bits per heavy atom. The normalized spacial score (nSPS) is 12.7. The number of hydrogen-bond acceptors (Lipinski definition) is 4. The smallest absolute Gasteiger partial charge is 0.320 e. The maximum absolute atomic E-state index is 10.7. The number of carboxylic acids is 1. The third-order valence-corrected chi connectivity index (χ3v) is 2.40. The number of aromatic hydroxyl groups is 1. The molecule has 0 bridgehead atoms. The standard InChI is InChI=1S/C12H18N2O3/c1-14(2)7-9-5-8(3-4-11(9)15)6-10(13)12(16)17/h3-5,10,15H,6-7,13H2,1-2H3,(H,16,17). The number of nitrogens with two attached hydrogens (primary N) is 1. The summed E-state index contributed by atoms with van der Waals surface area (Å²) >= 11 is 0. The number of rotatable bonds is 5. The monoisotopic (exact) mass is 238 g/mol. The van der Waals surface area contributed by atoms with E-state index in [0.717, 1.165) is 11.1 Å². The fraction of sp³-hybridized carbons (Fsp3) is 0.417. The Labute approximate surface area is 100 Å². The van der Waals surface area contributed by atoms with E-state index in [9.17, 15) is 9.90 Å². The first-order chi connectivity index (χ1) is 7.90. The third-order valence-electron chi connectivity index (χ3n) is 2.40. The molecule has 0 aliphatic heterocycles. The van der Waals surface area contributed by atoms with Gasteiger partial charge in [0, 0.05) is 12.1 Å². The molecular formula is C12H18N2O3. The Kier molecular flexibility index (Phi) is 4.48. The zero-order valence-corrected chi connectivity index (χ0v) is 10.1. The summed E-state index contributed by atoms with van der Waals surface area (Å²) in [4.78, 5) is 12.6. The Bertz CT molecular complexity index is 405. The van der Waals surface area contributed by atoms with Crippen molar-refractivity contribution in [2.75, 3.05) is 14.1 Å². The summed E-state index contributed by atoms with van der Waals surface area (Å²) in [7, 11) is 3.80. The van der Waals surface area contributed by atoms with Gasteiger partial charge in [-0.15, -0.1) is 0 Å². The van der Waals surface area contributed by atoms with E-state index in [-0.39, 0.29) is 12.2 Å². The predicted octanol–water partition coefficient (Wildman–Crippen LogP) is 0.408. The maximum atomic E-state index is 10.7. The average Bonchev–Trinajstić information content (AvgIpc) is 2.22. The minimum atomic E-state index is -1.02. The van der Waals surface area contributed by atoms with Gasteiger partial charge in [-0.3, -0.25) is 4.79 Å². The summed E-state index contributed by atoms with van der Waals surface area (Å²) in [5, 5.41) is 18.4. The number of aliphatic carboxylic acids is 1. The van der Waals surface area contributed by atoms with Crippen LogP contribution in [0, 0.1) is 0 Å². The molecule has 0 fully saturated rings. The zero-order valence-electron chi connectivity index (χ0n) is 10.1. The Morgan fingerprint density at radius 2 is 2.12 bits per heavy atom.